The van der Waals surface area contributed by atoms with E-state index in [4.69, 9.17) is 14.2 Å². The van der Waals surface area contributed by atoms with Crippen molar-refractivity contribution in [3.05, 3.63) is 77.2 Å². The molecule has 6 heteroatoms. The van der Waals surface area contributed by atoms with E-state index in [1.165, 1.54) is 12.5 Å². The predicted octanol–water partition coefficient (Wildman–Crippen LogP) is 3.54. The van der Waals surface area contributed by atoms with Gasteiger partial charge in [0, 0.05) is 12.1 Å². The number of hydrogen-bond donors (Lipinski definition) is 1. The summed E-state index contributed by atoms with van der Waals surface area (Å²) in [5.74, 6) is -0.423. The summed E-state index contributed by atoms with van der Waals surface area (Å²) in [4.78, 5) is 13.5. The lowest BCUT2D eigenvalue weighted by molar-refractivity contribution is -0.0267. The summed E-state index contributed by atoms with van der Waals surface area (Å²) in [5, 5.41) is 9.46. The van der Waals surface area contributed by atoms with Crippen molar-refractivity contribution in [2.24, 2.45) is 0 Å². The van der Waals surface area contributed by atoms with Gasteiger partial charge in [0.15, 0.2) is 0 Å². The zero-order chi connectivity index (χ0) is 18.5. The molecule has 0 unspecified atom stereocenters. The van der Waals surface area contributed by atoms with Crippen LogP contribution < -0.4 is 4.74 Å². The molecule has 3 rings (SSSR count). The second-order valence-electron chi connectivity index (χ2n) is 6.25. The van der Waals surface area contributed by atoms with E-state index in [0.717, 1.165) is 11.1 Å². The Morgan fingerprint density at radius 2 is 1.85 bits per heavy atom. The highest BCUT2D eigenvalue weighted by Gasteiger charge is 2.25. The Labute approximate surface area is 152 Å². The van der Waals surface area contributed by atoms with Gasteiger partial charge in [-0.2, -0.15) is 0 Å². The fourth-order valence-corrected chi connectivity index (χ4v) is 2.76. The first-order valence-electron chi connectivity index (χ1n) is 8.22. The Balaban J connectivity index is 2.00. The van der Waals surface area contributed by atoms with Crippen LogP contribution in [0.5, 0.6) is 5.75 Å². The Kier molecular flexibility index (Phi) is 5.43. The minimum atomic E-state index is -1.01. The van der Waals surface area contributed by atoms with Crippen LogP contribution in [0.3, 0.4) is 0 Å². The molecule has 136 valence electrons. The molecule has 0 aliphatic carbocycles. The van der Waals surface area contributed by atoms with Gasteiger partial charge in [-0.25, -0.2) is 4.79 Å². The van der Waals surface area contributed by atoms with Crippen molar-refractivity contribution < 1.29 is 24.1 Å². The van der Waals surface area contributed by atoms with E-state index in [-0.39, 0.29) is 5.56 Å². The number of carboxylic acid groups (broad SMARTS) is 1. The van der Waals surface area contributed by atoms with Crippen LogP contribution in [0.1, 0.15) is 33.3 Å². The molecule has 2 aromatic rings. The van der Waals surface area contributed by atoms with E-state index >= 15 is 0 Å². The first-order valence-corrected chi connectivity index (χ1v) is 8.22. The third-order valence-electron chi connectivity index (χ3n) is 3.87. The fraction of sp³-hybridized carbons (Fsp3) is 0.250. The van der Waals surface area contributed by atoms with E-state index in [2.05, 4.69) is 0 Å². The molecule has 0 atom stereocenters. The molecule has 0 radical (unpaired) electrons. The van der Waals surface area contributed by atoms with Gasteiger partial charge in [-0.3, -0.25) is 0 Å². The highest BCUT2D eigenvalue weighted by Crippen LogP contribution is 2.36. The number of ether oxygens (including phenoxy) is 3. The SMILES string of the molecule is CN(C)Cc1cc(C(=O)O)cc(C2OC=CO2)c1OCc1ccccc1. The van der Waals surface area contributed by atoms with Gasteiger partial charge in [0.25, 0.3) is 6.29 Å². The smallest absolute Gasteiger partial charge is 0.335 e. The Hall–Kier alpha value is -2.99. The topological polar surface area (TPSA) is 68.2 Å². The molecule has 1 aliphatic heterocycles. The highest BCUT2D eigenvalue weighted by molar-refractivity contribution is 5.88. The monoisotopic (exact) mass is 355 g/mol. The van der Waals surface area contributed by atoms with E-state index in [1.54, 1.807) is 12.1 Å². The molecule has 1 heterocycles. The molecule has 0 fully saturated rings. The first kappa shape index (κ1) is 17.8. The Morgan fingerprint density at radius 1 is 1.15 bits per heavy atom. The van der Waals surface area contributed by atoms with E-state index in [9.17, 15) is 9.90 Å². The minimum Gasteiger partial charge on any atom is -0.488 e. The van der Waals surface area contributed by atoms with Crippen LogP contribution >= 0.6 is 0 Å². The van der Waals surface area contributed by atoms with Crippen molar-refractivity contribution in [1.29, 1.82) is 0 Å². The molecule has 0 saturated carbocycles. The van der Waals surface area contributed by atoms with Gasteiger partial charge in [-0.05, 0) is 31.8 Å². The van der Waals surface area contributed by atoms with Crippen LogP contribution in [0.25, 0.3) is 0 Å². The third kappa shape index (κ3) is 4.15. The maximum absolute atomic E-state index is 11.5. The van der Waals surface area contributed by atoms with Crippen molar-refractivity contribution in [3.63, 3.8) is 0 Å². The summed E-state index contributed by atoms with van der Waals surface area (Å²) in [6.45, 7) is 0.888. The van der Waals surface area contributed by atoms with Crippen LogP contribution in [-0.4, -0.2) is 30.1 Å². The number of aromatic carboxylic acids is 1. The number of benzene rings is 2. The second-order valence-corrected chi connectivity index (χ2v) is 6.25. The molecule has 0 aromatic heterocycles. The van der Waals surface area contributed by atoms with Gasteiger partial charge in [0.1, 0.15) is 24.9 Å². The largest absolute Gasteiger partial charge is 0.488 e. The molecule has 2 aromatic carbocycles. The van der Waals surface area contributed by atoms with Crippen LogP contribution in [0.15, 0.2) is 55.0 Å². The van der Waals surface area contributed by atoms with E-state index in [0.29, 0.717) is 24.5 Å². The van der Waals surface area contributed by atoms with E-state index < -0.39 is 12.3 Å². The Bertz CT molecular complexity index is 793. The van der Waals surface area contributed by atoms with E-state index in [1.807, 2.05) is 49.3 Å². The molecule has 0 bridgehead atoms. The molecule has 1 N–H and O–H groups in total. The summed E-state index contributed by atoms with van der Waals surface area (Å²) >= 11 is 0. The van der Waals surface area contributed by atoms with Crippen LogP contribution in [0, 0.1) is 0 Å². The molecule has 26 heavy (non-hydrogen) atoms. The third-order valence-corrected chi connectivity index (χ3v) is 3.87. The van der Waals surface area contributed by atoms with Crippen LogP contribution in [-0.2, 0) is 22.6 Å². The maximum Gasteiger partial charge on any atom is 0.335 e. The predicted molar refractivity (Wildman–Crippen MR) is 95.6 cm³/mol. The number of rotatable bonds is 7. The number of nitrogens with zero attached hydrogens (tertiary/aromatic N) is 1. The summed E-state index contributed by atoms with van der Waals surface area (Å²) < 4.78 is 17.0. The second kappa shape index (κ2) is 7.93. The molecule has 0 spiro atoms. The lowest BCUT2D eigenvalue weighted by Gasteiger charge is -2.21. The summed E-state index contributed by atoms with van der Waals surface area (Å²) in [6.07, 6.45) is 2.15. The summed E-state index contributed by atoms with van der Waals surface area (Å²) in [6, 6.07) is 13.0. The van der Waals surface area contributed by atoms with Gasteiger partial charge in [0.2, 0.25) is 0 Å². The number of carboxylic acids is 1. The van der Waals surface area contributed by atoms with Crippen molar-refractivity contribution in [1.82, 2.24) is 4.90 Å². The molecule has 6 nitrogen and oxygen atoms in total. The van der Waals surface area contributed by atoms with Gasteiger partial charge in [0.05, 0.1) is 11.1 Å². The molecular weight excluding hydrogens is 334 g/mol. The number of hydrogen-bond acceptors (Lipinski definition) is 5. The van der Waals surface area contributed by atoms with Gasteiger partial charge < -0.3 is 24.2 Å². The molecular formula is C20H21NO5. The average molecular weight is 355 g/mol. The lowest BCUT2D eigenvalue weighted by atomic mass is 10.0. The zero-order valence-electron chi connectivity index (χ0n) is 14.7. The molecule has 1 aliphatic rings. The Morgan fingerprint density at radius 3 is 2.46 bits per heavy atom. The molecule has 0 saturated heterocycles. The molecule has 0 amide bonds. The van der Waals surface area contributed by atoms with Gasteiger partial charge in [-0.1, -0.05) is 30.3 Å². The standard InChI is InChI=1S/C20H21NO5/c1-21(2)12-16-10-15(19(22)23)11-17(20-24-8-9-25-20)18(16)26-13-14-6-4-3-5-7-14/h3-11,20H,12-13H2,1-2H3,(H,22,23). The van der Waals surface area contributed by atoms with Gasteiger partial charge in [-0.15, -0.1) is 0 Å². The highest BCUT2D eigenvalue weighted by atomic mass is 16.7. The van der Waals surface area contributed by atoms with Gasteiger partial charge >= 0.3 is 5.97 Å². The van der Waals surface area contributed by atoms with Crippen LogP contribution in [0.4, 0.5) is 0 Å². The minimum absolute atomic E-state index is 0.169. The first-order chi connectivity index (χ1) is 12.5. The fourth-order valence-electron chi connectivity index (χ4n) is 2.76. The van der Waals surface area contributed by atoms with Crippen molar-refractivity contribution in [2.75, 3.05) is 14.1 Å². The average Bonchev–Trinajstić information content (AvgIpc) is 3.15. The maximum atomic E-state index is 11.5. The van der Waals surface area contributed by atoms with Crippen molar-refractivity contribution in [3.8, 4) is 5.75 Å². The normalized spacial score (nSPS) is 13.5. The summed E-state index contributed by atoms with van der Waals surface area (Å²) in [7, 11) is 3.83. The zero-order valence-corrected chi connectivity index (χ0v) is 14.7. The number of carbonyl (C=O) groups is 1. The summed E-state index contributed by atoms with van der Waals surface area (Å²) in [5.41, 5.74) is 2.51. The van der Waals surface area contributed by atoms with Crippen LogP contribution in [0.2, 0.25) is 0 Å². The van der Waals surface area contributed by atoms with Crippen molar-refractivity contribution >= 4 is 5.97 Å². The lowest BCUT2D eigenvalue weighted by Crippen LogP contribution is -2.15. The quantitative estimate of drug-likeness (QED) is 0.819. The van der Waals surface area contributed by atoms with Crippen molar-refractivity contribution in [2.45, 2.75) is 19.4 Å².